The van der Waals surface area contributed by atoms with Crippen molar-refractivity contribution in [2.45, 2.75) is 57.8 Å². The Kier molecular flexibility index (Phi) is 6.41. The van der Waals surface area contributed by atoms with Crippen LogP contribution in [0.4, 0.5) is 4.79 Å². The molecule has 5 nitrogen and oxygen atoms in total. The fourth-order valence-electron chi connectivity index (χ4n) is 5.53. The molecule has 0 aromatic heterocycles. The van der Waals surface area contributed by atoms with Gasteiger partial charge in [0.05, 0.1) is 0 Å². The summed E-state index contributed by atoms with van der Waals surface area (Å²) in [5.74, 6) is 0.588. The maximum absolute atomic E-state index is 12.7. The SMILES string of the molecule is O=C(NCC1CCN(C(=O)c2ccccc2)CC1)N1CCCC2(CCCC2)CC1. The van der Waals surface area contributed by atoms with E-state index in [4.69, 9.17) is 0 Å². The van der Waals surface area contributed by atoms with Crippen LogP contribution in [0.25, 0.3) is 0 Å². The fraction of sp³-hybridized carbons (Fsp3) is 0.667. The molecule has 1 aromatic rings. The molecule has 0 radical (unpaired) electrons. The highest BCUT2D eigenvalue weighted by Crippen LogP contribution is 2.46. The van der Waals surface area contributed by atoms with Crippen LogP contribution in [0.2, 0.25) is 0 Å². The van der Waals surface area contributed by atoms with Crippen LogP contribution in [0.1, 0.15) is 68.1 Å². The lowest BCUT2D eigenvalue weighted by atomic mass is 9.79. The monoisotopic (exact) mass is 397 g/mol. The van der Waals surface area contributed by atoms with Crippen LogP contribution in [0, 0.1) is 11.3 Å². The minimum Gasteiger partial charge on any atom is -0.339 e. The number of nitrogens with zero attached hydrogens (tertiary/aromatic N) is 2. The van der Waals surface area contributed by atoms with Crippen LogP contribution in [0.3, 0.4) is 0 Å². The minimum absolute atomic E-state index is 0.114. The predicted molar refractivity (Wildman–Crippen MR) is 115 cm³/mol. The zero-order valence-corrected chi connectivity index (χ0v) is 17.6. The molecule has 2 saturated heterocycles. The van der Waals surface area contributed by atoms with Gasteiger partial charge in [0.15, 0.2) is 0 Å². The van der Waals surface area contributed by atoms with Crippen molar-refractivity contribution in [3.8, 4) is 0 Å². The lowest BCUT2D eigenvalue weighted by Gasteiger charge is -2.32. The van der Waals surface area contributed by atoms with Crippen molar-refractivity contribution in [1.29, 1.82) is 0 Å². The summed E-state index contributed by atoms with van der Waals surface area (Å²) in [6.07, 6.45) is 11.0. The van der Waals surface area contributed by atoms with Crippen molar-refractivity contribution in [3.63, 3.8) is 0 Å². The molecule has 0 atom stereocenters. The number of amides is 3. The number of carbonyl (C=O) groups excluding carboxylic acids is 2. The first-order valence-electron chi connectivity index (χ1n) is 11.5. The molecule has 1 N–H and O–H groups in total. The van der Waals surface area contributed by atoms with Gasteiger partial charge in [0.2, 0.25) is 0 Å². The number of nitrogens with one attached hydrogen (secondary N) is 1. The zero-order chi connectivity index (χ0) is 20.1. The lowest BCUT2D eigenvalue weighted by molar-refractivity contribution is 0.0689. The van der Waals surface area contributed by atoms with Gasteiger partial charge in [0.25, 0.3) is 5.91 Å². The summed E-state index contributed by atoms with van der Waals surface area (Å²) in [6.45, 7) is 4.10. The van der Waals surface area contributed by atoms with Crippen LogP contribution in [-0.2, 0) is 0 Å². The zero-order valence-electron chi connectivity index (χ0n) is 17.6. The standard InChI is InChI=1S/C24H35N3O2/c28-22(21-7-2-1-3-8-21)26-16-9-20(10-17-26)19-25-23(29)27-15-6-13-24(14-18-27)11-4-5-12-24/h1-3,7-8,20H,4-6,9-19H2,(H,25,29). The van der Waals surface area contributed by atoms with Crippen molar-refractivity contribution in [2.75, 3.05) is 32.7 Å². The molecule has 1 aromatic carbocycles. The number of carbonyl (C=O) groups is 2. The van der Waals surface area contributed by atoms with E-state index in [-0.39, 0.29) is 11.9 Å². The van der Waals surface area contributed by atoms with Gasteiger partial charge in [-0.2, -0.15) is 0 Å². The quantitative estimate of drug-likeness (QED) is 0.827. The lowest BCUT2D eigenvalue weighted by Crippen LogP contribution is -2.45. The molecule has 5 heteroatoms. The van der Waals surface area contributed by atoms with Crippen LogP contribution in [-0.4, -0.2) is 54.5 Å². The van der Waals surface area contributed by atoms with E-state index in [9.17, 15) is 9.59 Å². The van der Waals surface area contributed by atoms with E-state index in [2.05, 4.69) is 5.32 Å². The van der Waals surface area contributed by atoms with Crippen LogP contribution >= 0.6 is 0 Å². The molecule has 3 aliphatic rings. The van der Waals surface area contributed by atoms with E-state index in [1.165, 1.54) is 38.5 Å². The average molecular weight is 398 g/mol. The molecule has 1 saturated carbocycles. The Morgan fingerprint density at radius 1 is 0.862 bits per heavy atom. The molecule has 0 unspecified atom stereocenters. The predicted octanol–water partition coefficient (Wildman–Crippen LogP) is 4.29. The highest BCUT2D eigenvalue weighted by Gasteiger charge is 2.36. The largest absolute Gasteiger partial charge is 0.339 e. The summed E-state index contributed by atoms with van der Waals surface area (Å²) < 4.78 is 0. The highest BCUT2D eigenvalue weighted by atomic mass is 16.2. The molecule has 1 aliphatic carbocycles. The normalized spacial score (nSPS) is 22.5. The highest BCUT2D eigenvalue weighted by molar-refractivity contribution is 5.94. The Morgan fingerprint density at radius 2 is 1.55 bits per heavy atom. The van der Waals surface area contributed by atoms with E-state index in [1.807, 2.05) is 40.1 Å². The first-order chi connectivity index (χ1) is 14.2. The van der Waals surface area contributed by atoms with Crippen LogP contribution in [0.5, 0.6) is 0 Å². The Labute approximate surface area is 174 Å². The first-order valence-corrected chi connectivity index (χ1v) is 11.5. The average Bonchev–Trinajstić information content (AvgIpc) is 3.13. The molecule has 3 amide bonds. The fourth-order valence-corrected chi connectivity index (χ4v) is 5.53. The second-order valence-corrected chi connectivity index (χ2v) is 9.34. The number of hydrogen-bond donors (Lipinski definition) is 1. The summed E-state index contributed by atoms with van der Waals surface area (Å²) in [5.41, 5.74) is 1.30. The van der Waals surface area contributed by atoms with Crippen LogP contribution < -0.4 is 5.32 Å². The summed E-state index contributed by atoms with van der Waals surface area (Å²) in [6, 6.07) is 9.63. The van der Waals surface area contributed by atoms with Gasteiger partial charge in [0.1, 0.15) is 0 Å². The number of urea groups is 1. The summed E-state index contributed by atoms with van der Waals surface area (Å²) in [5, 5.41) is 3.19. The van der Waals surface area contributed by atoms with Crippen molar-refractivity contribution in [3.05, 3.63) is 35.9 Å². The molecule has 2 heterocycles. The molecule has 158 valence electrons. The Bertz CT molecular complexity index is 691. The third-order valence-corrected chi connectivity index (χ3v) is 7.46. The number of rotatable bonds is 3. The van der Waals surface area contributed by atoms with Gasteiger partial charge >= 0.3 is 6.03 Å². The third-order valence-electron chi connectivity index (χ3n) is 7.46. The van der Waals surface area contributed by atoms with Gasteiger partial charge in [-0.25, -0.2) is 4.79 Å². The molecule has 1 spiro atoms. The first kappa shape index (κ1) is 20.2. The molecule has 0 bridgehead atoms. The maximum Gasteiger partial charge on any atom is 0.317 e. The molecule has 3 fully saturated rings. The van der Waals surface area contributed by atoms with E-state index in [0.29, 0.717) is 11.3 Å². The van der Waals surface area contributed by atoms with Gasteiger partial charge in [-0.05, 0) is 68.4 Å². The summed E-state index contributed by atoms with van der Waals surface area (Å²) in [4.78, 5) is 29.3. The van der Waals surface area contributed by atoms with Crippen LogP contribution in [0.15, 0.2) is 30.3 Å². The summed E-state index contributed by atoms with van der Waals surface area (Å²) in [7, 11) is 0. The van der Waals surface area contributed by atoms with Gasteiger partial charge in [-0.1, -0.05) is 31.0 Å². The second-order valence-electron chi connectivity index (χ2n) is 9.34. The number of piperidine rings is 1. The maximum atomic E-state index is 12.7. The summed E-state index contributed by atoms with van der Waals surface area (Å²) >= 11 is 0. The Hall–Kier alpha value is -2.04. The van der Waals surface area contributed by atoms with Gasteiger partial charge in [-0.15, -0.1) is 0 Å². The molecule has 2 aliphatic heterocycles. The van der Waals surface area contributed by atoms with Crippen molar-refractivity contribution in [2.24, 2.45) is 11.3 Å². The smallest absolute Gasteiger partial charge is 0.317 e. The van der Waals surface area contributed by atoms with Crippen molar-refractivity contribution >= 4 is 11.9 Å². The van der Waals surface area contributed by atoms with E-state index >= 15 is 0 Å². The van der Waals surface area contributed by atoms with E-state index in [0.717, 1.165) is 57.5 Å². The van der Waals surface area contributed by atoms with E-state index < -0.39 is 0 Å². The molecular formula is C24H35N3O2. The Balaban J connectivity index is 1.19. The number of benzene rings is 1. The van der Waals surface area contributed by atoms with Crippen molar-refractivity contribution in [1.82, 2.24) is 15.1 Å². The Morgan fingerprint density at radius 3 is 2.28 bits per heavy atom. The second kappa shape index (κ2) is 9.19. The van der Waals surface area contributed by atoms with Gasteiger partial charge in [0, 0.05) is 38.3 Å². The number of hydrogen-bond acceptors (Lipinski definition) is 2. The molecule has 29 heavy (non-hydrogen) atoms. The van der Waals surface area contributed by atoms with Gasteiger partial charge in [-0.3, -0.25) is 4.79 Å². The van der Waals surface area contributed by atoms with E-state index in [1.54, 1.807) is 0 Å². The molecule has 4 rings (SSSR count). The van der Waals surface area contributed by atoms with Gasteiger partial charge < -0.3 is 15.1 Å². The molecular weight excluding hydrogens is 362 g/mol. The topological polar surface area (TPSA) is 52.7 Å². The number of likely N-dealkylation sites (tertiary alicyclic amines) is 2. The van der Waals surface area contributed by atoms with Crippen molar-refractivity contribution < 1.29 is 9.59 Å². The minimum atomic E-state index is 0.114. The third kappa shape index (κ3) is 4.93.